The van der Waals surface area contributed by atoms with Crippen LogP contribution in [0.4, 0.5) is 0 Å². The van der Waals surface area contributed by atoms with Crippen LogP contribution in [-0.4, -0.2) is 29.0 Å². The largest absolute Gasteiger partial charge is 2.00 e. The van der Waals surface area contributed by atoms with Crippen LogP contribution >= 0.6 is 0 Å². The maximum Gasteiger partial charge on any atom is 2.00 e. The monoisotopic (exact) mass is 670 g/mol. The maximum absolute atomic E-state index is 12.7. The zero-order valence-electron chi connectivity index (χ0n) is 20.7. The van der Waals surface area contributed by atoms with Crippen LogP contribution in [0.2, 0.25) is 0 Å². The van der Waals surface area contributed by atoms with Crippen molar-refractivity contribution in [3.63, 3.8) is 0 Å². The molecule has 174 valence electrons. The number of carbonyl (C=O) groups excluding carboxylic acids is 1. The van der Waals surface area contributed by atoms with Gasteiger partial charge in [0.25, 0.3) is 0 Å². The van der Waals surface area contributed by atoms with Gasteiger partial charge in [-0.1, -0.05) is 70.2 Å². The van der Waals surface area contributed by atoms with Gasteiger partial charge in [-0.05, 0) is 61.6 Å². The molecular formula is C28H36N2O2U. The Labute approximate surface area is 223 Å². The number of amidine groups is 1. The molecule has 5 heteroatoms. The van der Waals surface area contributed by atoms with Crippen molar-refractivity contribution in [2.75, 3.05) is 0 Å². The number of benzene rings is 2. The fraction of sp³-hybridized carbons (Fsp3) is 0.464. The normalized spacial score (nSPS) is 13.9. The van der Waals surface area contributed by atoms with Crippen LogP contribution in [0.1, 0.15) is 75.9 Å². The van der Waals surface area contributed by atoms with E-state index in [1.165, 1.54) is 12.8 Å². The standard InChI is InChI=1S/C20H20N2O.C8H16O.U/c1-5-14-8-7-11-17(18(14)19(23)13(2)3)15-9-6-10-16(12-15)20(21)22-4;1-6(7-4-5-7)8(2,3)9;/h4,6-13H,5H2,1-3H3;6-7,9H,4-5H2,1-3H3;/q-2;;+2. The third kappa shape index (κ3) is 8.02. The molecule has 0 radical (unpaired) electrons. The SMILES string of the molecule is CC(C1CC1)C(C)(C)O.[CH-]=NC(=[N-])c1cccc(-c2cccc(CC)c2C(=O)C(C)C)c1.[U+2]. The molecule has 0 bridgehead atoms. The predicted octanol–water partition coefficient (Wildman–Crippen LogP) is 6.45. The van der Waals surface area contributed by atoms with E-state index in [-0.39, 0.29) is 48.6 Å². The molecule has 2 aromatic carbocycles. The van der Waals surface area contributed by atoms with Gasteiger partial charge in [-0.25, -0.2) is 5.84 Å². The summed E-state index contributed by atoms with van der Waals surface area (Å²) in [6, 6.07) is 13.1. The summed E-state index contributed by atoms with van der Waals surface area (Å²) >= 11 is 0. The number of ketones is 1. The summed E-state index contributed by atoms with van der Waals surface area (Å²) in [4.78, 5) is 16.0. The Kier molecular flexibility index (Phi) is 11.4. The van der Waals surface area contributed by atoms with Crippen molar-refractivity contribution in [2.45, 2.75) is 66.4 Å². The van der Waals surface area contributed by atoms with Gasteiger partial charge in [0.05, 0.1) is 5.60 Å². The van der Waals surface area contributed by atoms with Crippen molar-refractivity contribution in [1.82, 2.24) is 0 Å². The Morgan fingerprint density at radius 1 is 1.18 bits per heavy atom. The Bertz CT molecular complexity index is 972. The van der Waals surface area contributed by atoms with Gasteiger partial charge in [0.1, 0.15) is 0 Å². The van der Waals surface area contributed by atoms with E-state index in [1.54, 1.807) is 12.1 Å². The molecule has 0 heterocycles. The fourth-order valence-electron chi connectivity index (χ4n) is 3.79. The van der Waals surface area contributed by atoms with E-state index in [0.29, 0.717) is 11.5 Å². The van der Waals surface area contributed by atoms with E-state index < -0.39 is 5.60 Å². The molecule has 1 atom stereocenters. The smallest absolute Gasteiger partial charge is 0.644 e. The number of rotatable bonds is 7. The van der Waals surface area contributed by atoms with Gasteiger partial charge in [0, 0.05) is 11.5 Å². The third-order valence-electron chi connectivity index (χ3n) is 6.30. The summed E-state index contributed by atoms with van der Waals surface area (Å²) in [5.41, 5.74) is 3.58. The van der Waals surface area contributed by atoms with Gasteiger partial charge >= 0.3 is 31.1 Å². The second-order valence-corrected chi connectivity index (χ2v) is 9.53. The second kappa shape index (κ2) is 12.8. The van der Waals surface area contributed by atoms with Gasteiger partial charge in [-0.2, -0.15) is 0 Å². The minimum atomic E-state index is -0.457. The Balaban J connectivity index is 0.000000458. The summed E-state index contributed by atoms with van der Waals surface area (Å²) < 4.78 is 0. The Morgan fingerprint density at radius 3 is 2.24 bits per heavy atom. The van der Waals surface area contributed by atoms with Crippen LogP contribution in [0.5, 0.6) is 0 Å². The fourth-order valence-corrected chi connectivity index (χ4v) is 3.79. The topological polar surface area (TPSA) is 72.0 Å². The van der Waals surface area contributed by atoms with Gasteiger partial charge < -0.3 is 22.2 Å². The van der Waals surface area contributed by atoms with Crippen LogP contribution in [0.15, 0.2) is 47.5 Å². The maximum atomic E-state index is 12.7. The zero-order chi connectivity index (χ0) is 24.1. The Morgan fingerprint density at radius 2 is 1.79 bits per heavy atom. The first-order valence-corrected chi connectivity index (χ1v) is 11.5. The predicted molar refractivity (Wildman–Crippen MR) is 135 cm³/mol. The molecule has 1 aliphatic carbocycles. The van der Waals surface area contributed by atoms with Crippen LogP contribution < -0.4 is 0 Å². The number of Topliss-reactive ketones (excluding diaryl/α,β-unsaturated/α-hetero) is 1. The molecule has 1 saturated carbocycles. The molecule has 0 amide bonds. The van der Waals surface area contributed by atoms with Crippen molar-refractivity contribution in [1.29, 1.82) is 0 Å². The van der Waals surface area contributed by atoms with Crippen molar-refractivity contribution in [3.05, 3.63) is 64.6 Å². The molecule has 1 aliphatic rings. The second-order valence-electron chi connectivity index (χ2n) is 9.53. The average molecular weight is 671 g/mol. The Hall–Kier alpha value is -1.54. The van der Waals surface area contributed by atoms with E-state index in [9.17, 15) is 15.3 Å². The summed E-state index contributed by atoms with van der Waals surface area (Å²) in [5.74, 6) is 1.11. The van der Waals surface area contributed by atoms with E-state index in [2.05, 4.69) is 11.9 Å². The first-order chi connectivity index (χ1) is 15.0. The van der Waals surface area contributed by atoms with Crippen molar-refractivity contribution in [2.24, 2.45) is 22.7 Å². The molecule has 1 fully saturated rings. The van der Waals surface area contributed by atoms with Crippen LogP contribution in [0.25, 0.3) is 16.5 Å². The van der Waals surface area contributed by atoms with Crippen LogP contribution in [-0.2, 0) is 6.42 Å². The minimum Gasteiger partial charge on any atom is -0.644 e. The number of hydrogen-bond donors (Lipinski definition) is 1. The average Bonchev–Trinajstić information content (AvgIpc) is 3.62. The van der Waals surface area contributed by atoms with Crippen molar-refractivity contribution >= 4 is 18.3 Å². The van der Waals surface area contributed by atoms with Crippen LogP contribution in [0.3, 0.4) is 0 Å². The van der Waals surface area contributed by atoms with Gasteiger partial charge in [0.2, 0.25) is 0 Å². The van der Waals surface area contributed by atoms with E-state index in [4.69, 9.17) is 6.72 Å². The van der Waals surface area contributed by atoms with Crippen molar-refractivity contribution in [3.8, 4) is 11.1 Å². The molecule has 0 spiro atoms. The van der Waals surface area contributed by atoms with Gasteiger partial charge in [-0.3, -0.25) is 4.79 Å². The van der Waals surface area contributed by atoms with Gasteiger partial charge in [-0.15, -0.1) is 5.56 Å². The van der Waals surface area contributed by atoms with E-state index >= 15 is 0 Å². The first kappa shape index (κ1) is 29.5. The zero-order valence-corrected chi connectivity index (χ0v) is 24.9. The number of hydrogen-bond acceptors (Lipinski definition) is 2. The molecule has 1 unspecified atom stereocenters. The summed E-state index contributed by atoms with van der Waals surface area (Å²) in [7, 11) is 0. The number of nitrogens with zero attached hydrogens (tertiary/aromatic N) is 2. The van der Waals surface area contributed by atoms with E-state index in [0.717, 1.165) is 34.6 Å². The number of aliphatic hydroxyl groups is 1. The molecule has 4 nitrogen and oxygen atoms in total. The third-order valence-corrected chi connectivity index (χ3v) is 6.30. The summed E-state index contributed by atoms with van der Waals surface area (Å²) in [6.45, 7) is 16.9. The molecule has 0 aromatic heterocycles. The molecule has 2 aromatic rings. The number of carbonyl (C=O) groups is 1. The summed E-state index contributed by atoms with van der Waals surface area (Å²) in [6.07, 6.45) is 3.44. The molecule has 3 rings (SSSR count). The minimum absolute atomic E-state index is 0. The van der Waals surface area contributed by atoms with Crippen molar-refractivity contribution < 1.29 is 41.0 Å². The molecule has 0 aliphatic heterocycles. The quantitative estimate of drug-likeness (QED) is 0.159. The number of aliphatic imine (C=N–C) groups is 1. The van der Waals surface area contributed by atoms with Gasteiger partial charge in [0.15, 0.2) is 5.78 Å². The van der Waals surface area contributed by atoms with E-state index in [1.807, 2.05) is 65.0 Å². The molecule has 0 saturated heterocycles. The molecule has 1 N–H and O–H groups in total. The molecule has 33 heavy (non-hydrogen) atoms. The van der Waals surface area contributed by atoms with Crippen LogP contribution in [0, 0.1) is 48.9 Å². The first-order valence-electron chi connectivity index (χ1n) is 11.5. The number of aryl methyl sites for hydroxylation is 1. The summed E-state index contributed by atoms with van der Waals surface area (Å²) in [5, 5.41) is 19.2. The molecular weight excluding hydrogens is 634 g/mol.